The first-order chi connectivity index (χ1) is 21.4. The van der Waals surface area contributed by atoms with E-state index in [-0.39, 0.29) is 48.8 Å². The number of carboxylic acids is 1. The number of fused-ring (bicyclic) bond motifs is 4. The van der Waals surface area contributed by atoms with Gasteiger partial charge >= 0.3 is 11.9 Å². The summed E-state index contributed by atoms with van der Waals surface area (Å²) >= 11 is 0. The highest BCUT2D eigenvalue weighted by Crippen LogP contribution is 2.38. The normalized spacial score (nSPS) is 28.8. The Bertz CT molecular complexity index is 1400. The highest BCUT2D eigenvalue weighted by atomic mass is 16.5. The molecule has 5 atom stereocenters. The molecule has 2 bridgehead atoms. The fourth-order valence-electron chi connectivity index (χ4n) is 8.01. The molecule has 9 nitrogen and oxygen atoms in total. The van der Waals surface area contributed by atoms with Crippen molar-refractivity contribution < 1.29 is 29.0 Å². The zero-order valence-electron chi connectivity index (χ0n) is 25.4. The largest absolute Gasteiger partial charge is 0.480 e. The molecule has 44 heavy (non-hydrogen) atoms. The van der Waals surface area contributed by atoms with Gasteiger partial charge in [0.2, 0.25) is 5.91 Å². The number of aromatic nitrogens is 1. The minimum atomic E-state index is -1.09. The number of hydrogen-bond donors (Lipinski definition) is 1. The Kier molecular flexibility index (Phi) is 9.38. The maximum absolute atomic E-state index is 14.1. The van der Waals surface area contributed by atoms with Crippen molar-refractivity contribution in [1.29, 1.82) is 0 Å². The van der Waals surface area contributed by atoms with E-state index >= 15 is 0 Å². The molecule has 2 aliphatic carbocycles. The quantitative estimate of drug-likeness (QED) is 0.465. The van der Waals surface area contributed by atoms with E-state index < -0.39 is 24.0 Å². The van der Waals surface area contributed by atoms with Crippen LogP contribution in [0.25, 0.3) is 11.1 Å². The molecule has 1 amide bonds. The van der Waals surface area contributed by atoms with Gasteiger partial charge in [0.25, 0.3) is 5.56 Å². The topological polar surface area (TPSA) is 115 Å². The maximum Gasteiger partial charge on any atom is 0.326 e. The zero-order valence-corrected chi connectivity index (χ0v) is 25.4. The van der Waals surface area contributed by atoms with Gasteiger partial charge in [0.15, 0.2) is 5.88 Å². The fraction of sp³-hybridized carbons (Fsp3) is 0.600. The van der Waals surface area contributed by atoms with Gasteiger partial charge in [-0.15, -0.1) is 0 Å². The van der Waals surface area contributed by atoms with Gasteiger partial charge in [0, 0.05) is 18.5 Å². The summed E-state index contributed by atoms with van der Waals surface area (Å²) in [5.74, 6) is -1.60. The smallest absolute Gasteiger partial charge is 0.326 e. The lowest BCUT2D eigenvalue weighted by atomic mass is 9.86. The van der Waals surface area contributed by atoms with Crippen molar-refractivity contribution in [1.82, 2.24) is 9.47 Å². The van der Waals surface area contributed by atoms with Crippen LogP contribution >= 0.6 is 0 Å². The number of amides is 1. The number of benzene rings is 1. The third-order valence-corrected chi connectivity index (χ3v) is 10.3. The molecule has 3 fully saturated rings. The second-order valence-electron chi connectivity index (χ2n) is 13.2. The highest BCUT2D eigenvalue weighted by Gasteiger charge is 2.46. The van der Waals surface area contributed by atoms with Crippen molar-refractivity contribution in [2.45, 2.75) is 108 Å². The molecule has 1 N–H and O–H groups in total. The molecular weight excluding hydrogens is 560 g/mol. The molecule has 0 radical (unpaired) electrons. The highest BCUT2D eigenvalue weighted by molar-refractivity contribution is 5.88. The fourth-order valence-corrected chi connectivity index (χ4v) is 8.01. The van der Waals surface area contributed by atoms with Crippen LogP contribution in [0.1, 0.15) is 83.5 Å². The summed E-state index contributed by atoms with van der Waals surface area (Å²) in [6.45, 7) is 0.562. The first kappa shape index (κ1) is 30.4. The number of pyridine rings is 1. The first-order valence-corrected chi connectivity index (χ1v) is 16.6. The summed E-state index contributed by atoms with van der Waals surface area (Å²) in [6.07, 6.45) is 9.59. The van der Waals surface area contributed by atoms with Crippen molar-refractivity contribution >= 4 is 17.8 Å². The number of ether oxygens (including phenoxy) is 2. The number of nitrogens with zero attached hydrogens (tertiary/aromatic N) is 2. The Balaban J connectivity index is 1.33. The van der Waals surface area contributed by atoms with Crippen LogP contribution < -0.4 is 10.3 Å². The van der Waals surface area contributed by atoms with Crippen molar-refractivity contribution in [3.63, 3.8) is 0 Å². The molecule has 0 unspecified atom stereocenters. The number of esters is 1. The van der Waals surface area contributed by atoms with Crippen LogP contribution in [-0.4, -0.2) is 57.2 Å². The van der Waals surface area contributed by atoms with E-state index in [1.54, 1.807) is 16.7 Å². The second-order valence-corrected chi connectivity index (χ2v) is 13.2. The van der Waals surface area contributed by atoms with Gasteiger partial charge in [0.1, 0.15) is 18.2 Å². The van der Waals surface area contributed by atoms with Crippen LogP contribution in [0.2, 0.25) is 0 Å². The summed E-state index contributed by atoms with van der Waals surface area (Å²) in [7, 11) is 0. The van der Waals surface area contributed by atoms with E-state index in [0.29, 0.717) is 23.9 Å². The lowest BCUT2D eigenvalue weighted by Gasteiger charge is -2.30. The molecule has 1 aromatic carbocycles. The number of hydrogen-bond acceptors (Lipinski definition) is 6. The van der Waals surface area contributed by atoms with Crippen molar-refractivity contribution in [3.05, 3.63) is 52.8 Å². The molecule has 1 saturated heterocycles. The molecule has 4 aliphatic rings. The minimum Gasteiger partial charge on any atom is -0.480 e. The molecule has 2 aromatic rings. The van der Waals surface area contributed by atoms with Crippen LogP contribution in [0.4, 0.5) is 0 Å². The molecule has 9 heteroatoms. The third-order valence-electron chi connectivity index (χ3n) is 10.3. The van der Waals surface area contributed by atoms with Gasteiger partial charge in [-0.2, -0.15) is 0 Å². The average molecular weight is 605 g/mol. The number of carbonyl (C=O) groups is 3. The summed E-state index contributed by atoms with van der Waals surface area (Å²) in [6, 6.07) is 12.0. The van der Waals surface area contributed by atoms with Crippen molar-refractivity contribution in [3.8, 4) is 17.0 Å². The standard InChI is InChI=1S/C35H44N2O7/c38-32-21-28(24-12-6-7-13-24)34(40)37-22-26(20-29(37)35(41)42)43-31-18-17-27(23-10-3-1-4-11-23)33(39)36(31)19-8-2-5-14-25-15-9-16-30(25)44-32/h1,3-4,10-11,17-18,24-26,28-30H,2,5-9,12-16,19-22H2,(H,41,42)/t25-,26-,28+,29+,30-/m1/s1. The summed E-state index contributed by atoms with van der Waals surface area (Å²) in [5.41, 5.74) is 1.27. The second kappa shape index (κ2) is 13.6. The Hall–Kier alpha value is -3.62. The Morgan fingerprint density at radius 3 is 2.30 bits per heavy atom. The van der Waals surface area contributed by atoms with Gasteiger partial charge < -0.3 is 19.5 Å². The minimum absolute atomic E-state index is 0.0123. The van der Waals surface area contributed by atoms with Gasteiger partial charge in [-0.05, 0) is 74.5 Å². The molecule has 6 rings (SSSR count). The van der Waals surface area contributed by atoms with E-state index in [1.165, 1.54) is 4.90 Å². The Morgan fingerprint density at radius 2 is 1.52 bits per heavy atom. The number of carboxylic acid groups (broad SMARTS) is 1. The molecule has 2 aliphatic heterocycles. The van der Waals surface area contributed by atoms with Gasteiger partial charge in [0.05, 0.1) is 18.9 Å². The van der Waals surface area contributed by atoms with Crippen LogP contribution in [0.5, 0.6) is 5.88 Å². The molecule has 236 valence electrons. The van der Waals surface area contributed by atoms with Crippen molar-refractivity contribution in [2.24, 2.45) is 17.8 Å². The van der Waals surface area contributed by atoms with Gasteiger partial charge in [-0.3, -0.25) is 19.0 Å². The van der Waals surface area contributed by atoms with E-state index in [2.05, 4.69) is 0 Å². The summed E-state index contributed by atoms with van der Waals surface area (Å²) < 4.78 is 14.1. The molecule has 1 aromatic heterocycles. The van der Waals surface area contributed by atoms with Gasteiger partial charge in [-0.1, -0.05) is 56.0 Å². The lowest BCUT2D eigenvalue weighted by Crippen LogP contribution is -2.46. The summed E-state index contributed by atoms with van der Waals surface area (Å²) in [5, 5.41) is 10.2. The Labute approximate surface area is 258 Å². The lowest BCUT2D eigenvalue weighted by molar-refractivity contribution is -0.157. The predicted octanol–water partition coefficient (Wildman–Crippen LogP) is 5.43. The zero-order chi connectivity index (χ0) is 30.6. The van der Waals surface area contributed by atoms with Crippen LogP contribution in [0, 0.1) is 17.8 Å². The predicted molar refractivity (Wildman–Crippen MR) is 164 cm³/mol. The SMILES string of the molecule is O=C1C[C@@H](C2CCCC2)C(=O)N2C[C@@H](C[C@H]2C(=O)O)Oc2ccc(-c3ccccc3)c(=O)n2CCCCC[C@@H]2CCC[C@H]2O1. The van der Waals surface area contributed by atoms with E-state index in [4.69, 9.17) is 9.47 Å². The van der Waals surface area contributed by atoms with Crippen LogP contribution in [-0.2, 0) is 25.7 Å². The monoisotopic (exact) mass is 604 g/mol. The van der Waals surface area contributed by atoms with E-state index in [1.807, 2.05) is 30.3 Å². The third kappa shape index (κ3) is 6.57. The molecule has 2 saturated carbocycles. The number of aliphatic carboxylic acids is 1. The Morgan fingerprint density at radius 1 is 0.795 bits per heavy atom. The molecular formula is C35H44N2O7. The molecule has 0 spiro atoms. The van der Waals surface area contributed by atoms with E-state index in [9.17, 15) is 24.3 Å². The maximum atomic E-state index is 14.1. The average Bonchev–Trinajstić information content (AvgIpc) is 3.79. The van der Waals surface area contributed by atoms with Gasteiger partial charge in [-0.25, -0.2) is 4.79 Å². The first-order valence-electron chi connectivity index (χ1n) is 16.6. The van der Waals surface area contributed by atoms with Crippen LogP contribution in [0.15, 0.2) is 47.3 Å². The van der Waals surface area contributed by atoms with Crippen molar-refractivity contribution in [2.75, 3.05) is 6.54 Å². The summed E-state index contributed by atoms with van der Waals surface area (Å²) in [4.78, 5) is 55.0. The number of rotatable bonds is 3. The van der Waals surface area contributed by atoms with E-state index in [0.717, 1.165) is 76.2 Å². The molecule has 3 heterocycles. The van der Waals surface area contributed by atoms with Crippen LogP contribution in [0.3, 0.4) is 0 Å². The number of carbonyl (C=O) groups excluding carboxylic acids is 2.